The molecule has 0 atom stereocenters. The first-order valence-corrected chi connectivity index (χ1v) is 11.7. The first-order valence-electron chi connectivity index (χ1n) is 10.7. The molecule has 2 aromatic carbocycles. The third-order valence-electron chi connectivity index (χ3n) is 6.04. The van der Waals surface area contributed by atoms with E-state index in [1.807, 2.05) is 30.3 Å². The summed E-state index contributed by atoms with van der Waals surface area (Å²) in [6.07, 6.45) is 1.77. The fourth-order valence-corrected chi connectivity index (χ4v) is 5.10. The van der Waals surface area contributed by atoms with Crippen LogP contribution in [0.5, 0.6) is 5.75 Å². The maximum atomic E-state index is 12.7. The third kappa shape index (κ3) is 4.72. The highest BCUT2D eigenvalue weighted by Crippen LogP contribution is 2.35. The number of hydrogen-bond acceptors (Lipinski definition) is 5. The van der Waals surface area contributed by atoms with Crippen molar-refractivity contribution in [2.75, 3.05) is 32.6 Å². The second-order valence-corrected chi connectivity index (χ2v) is 8.76. The number of methoxy groups -OCH3 is 1. The molecule has 0 unspecified atom stereocenters. The number of ether oxygens (including phenoxy) is 2. The van der Waals surface area contributed by atoms with E-state index in [4.69, 9.17) is 14.5 Å². The molecule has 4 rings (SSSR count). The number of thioether (sulfide) groups is 1. The van der Waals surface area contributed by atoms with Crippen molar-refractivity contribution in [2.45, 2.75) is 36.9 Å². The highest BCUT2D eigenvalue weighted by atomic mass is 32.2. The molecule has 1 aromatic heterocycles. The molecule has 0 spiro atoms. The van der Waals surface area contributed by atoms with E-state index in [0.717, 1.165) is 41.3 Å². The summed E-state index contributed by atoms with van der Waals surface area (Å²) in [6.45, 7) is 4.94. The van der Waals surface area contributed by atoms with Gasteiger partial charge in [0.25, 0.3) is 0 Å². The van der Waals surface area contributed by atoms with E-state index in [1.54, 1.807) is 7.11 Å². The second kappa shape index (κ2) is 9.75. The Labute approximate surface area is 187 Å². The maximum Gasteiger partial charge on any atom is 0.230 e. The Hall–Kier alpha value is -2.51. The normalized spacial score (nSPS) is 15.7. The van der Waals surface area contributed by atoms with Crippen LogP contribution >= 0.6 is 11.8 Å². The number of imidazole rings is 1. The average Bonchev–Trinajstić information content (AvgIpc) is 3.19. The van der Waals surface area contributed by atoms with E-state index < -0.39 is 0 Å². The van der Waals surface area contributed by atoms with Gasteiger partial charge in [-0.25, -0.2) is 4.98 Å². The lowest BCUT2D eigenvalue weighted by Crippen LogP contribution is -2.45. The number of fused-ring (bicyclic) bond motifs is 1. The van der Waals surface area contributed by atoms with Gasteiger partial charge in [-0.15, -0.1) is 0 Å². The molecule has 0 aliphatic carbocycles. The van der Waals surface area contributed by atoms with Crippen molar-refractivity contribution in [1.82, 2.24) is 14.9 Å². The number of aromatic nitrogens is 2. The van der Waals surface area contributed by atoms with Crippen LogP contribution in [0.25, 0.3) is 11.0 Å². The molecule has 164 valence electrons. The Morgan fingerprint density at radius 3 is 2.65 bits per heavy atom. The number of nitrogens with one attached hydrogen (secondary N) is 1. The van der Waals surface area contributed by atoms with Crippen molar-refractivity contribution < 1.29 is 14.3 Å². The summed E-state index contributed by atoms with van der Waals surface area (Å²) in [5.41, 5.74) is 3.18. The van der Waals surface area contributed by atoms with Gasteiger partial charge in [0.15, 0.2) is 5.16 Å². The smallest absolute Gasteiger partial charge is 0.230 e. The van der Waals surface area contributed by atoms with Crippen LogP contribution in [-0.2, 0) is 21.5 Å². The van der Waals surface area contributed by atoms with Crippen LogP contribution in [0.15, 0.2) is 53.7 Å². The van der Waals surface area contributed by atoms with Crippen LogP contribution in [-0.4, -0.2) is 48.1 Å². The number of nitrogens with zero attached hydrogens (tertiary/aromatic N) is 2. The number of amides is 1. The zero-order valence-corrected chi connectivity index (χ0v) is 18.9. The SMILES string of the molecule is CCn1c(SCC(=O)NCC2(c3ccc(OC)cc3)CCOCC2)nc2ccccc21. The number of aryl methyl sites for hydroxylation is 1. The maximum absolute atomic E-state index is 12.7. The first kappa shape index (κ1) is 21.7. The van der Waals surface area contributed by atoms with E-state index in [9.17, 15) is 4.79 Å². The van der Waals surface area contributed by atoms with Crippen molar-refractivity contribution in [3.63, 3.8) is 0 Å². The number of hydrogen-bond donors (Lipinski definition) is 1. The highest BCUT2D eigenvalue weighted by Gasteiger charge is 2.35. The lowest BCUT2D eigenvalue weighted by Gasteiger charge is -2.38. The van der Waals surface area contributed by atoms with Crippen LogP contribution < -0.4 is 10.1 Å². The molecule has 0 radical (unpaired) electrons. The second-order valence-electron chi connectivity index (χ2n) is 7.81. The van der Waals surface area contributed by atoms with Crippen LogP contribution in [0.4, 0.5) is 0 Å². The van der Waals surface area contributed by atoms with E-state index in [2.05, 4.69) is 35.0 Å². The number of benzene rings is 2. The minimum absolute atomic E-state index is 0.0269. The number of para-hydroxylation sites is 2. The molecule has 3 aromatic rings. The van der Waals surface area contributed by atoms with Crippen LogP contribution in [0, 0.1) is 0 Å². The van der Waals surface area contributed by atoms with Crippen LogP contribution in [0.2, 0.25) is 0 Å². The summed E-state index contributed by atoms with van der Waals surface area (Å²) < 4.78 is 13.1. The topological polar surface area (TPSA) is 65.4 Å². The largest absolute Gasteiger partial charge is 0.497 e. The molecule has 2 heterocycles. The Morgan fingerprint density at radius 2 is 1.94 bits per heavy atom. The van der Waals surface area contributed by atoms with Crippen molar-refractivity contribution in [3.05, 3.63) is 54.1 Å². The molecule has 0 bridgehead atoms. The predicted molar refractivity (Wildman–Crippen MR) is 124 cm³/mol. The molecule has 31 heavy (non-hydrogen) atoms. The molecule has 1 saturated heterocycles. The highest BCUT2D eigenvalue weighted by molar-refractivity contribution is 7.99. The molecule has 1 fully saturated rings. The van der Waals surface area contributed by atoms with Gasteiger partial charge in [0, 0.05) is 31.7 Å². The van der Waals surface area contributed by atoms with E-state index in [1.165, 1.54) is 17.3 Å². The summed E-state index contributed by atoms with van der Waals surface area (Å²) in [4.78, 5) is 17.4. The summed E-state index contributed by atoms with van der Waals surface area (Å²) in [5.74, 6) is 1.21. The lowest BCUT2D eigenvalue weighted by molar-refractivity contribution is -0.119. The Morgan fingerprint density at radius 1 is 1.19 bits per heavy atom. The fourth-order valence-electron chi connectivity index (χ4n) is 4.19. The number of carbonyl (C=O) groups excluding carboxylic acids is 1. The average molecular weight is 440 g/mol. The van der Waals surface area contributed by atoms with Gasteiger partial charge < -0.3 is 19.4 Å². The summed E-state index contributed by atoms with van der Waals surface area (Å²) in [6, 6.07) is 16.3. The van der Waals surface area contributed by atoms with Gasteiger partial charge in [-0.3, -0.25) is 4.79 Å². The van der Waals surface area contributed by atoms with Gasteiger partial charge in [-0.2, -0.15) is 0 Å². The number of rotatable bonds is 8. The Balaban J connectivity index is 1.41. The molecule has 0 saturated carbocycles. The molecule has 1 aliphatic rings. The van der Waals surface area contributed by atoms with Crippen molar-refractivity contribution in [1.29, 1.82) is 0 Å². The summed E-state index contributed by atoms with van der Waals surface area (Å²) >= 11 is 1.49. The molecule has 7 heteroatoms. The van der Waals surface area contributed by atoms with Gasteiger partial charge in [-0.05, 0) is 49.6 Å². The molecular weight excluding hydrogens is 410 g/mol. The van der Waals surface area contributed by atoms with Gasteiger partial charge in [0.1, 0.15) is 5.75 Å². The standard InChI is InChI=1S/C24H29N3O3S/c1-3-27-21-7-5-4-6-20(21)26-23(27)31-16-22(28)25-17-24(12-14-30-15-13-24)18-8-10-19(29-2)11-9-18/h4-11H,3,12-17H2,1-2H3,(H,25,28). The first-order chi connectivity index (χ1) is 15.1. The molecular formula is C24H29N3O3S. The Kier molecular flexibility index (Phi) is 6.83. The molecule has 1 N–H and O–H groups in total. The predicted octanol–water partition coefficient (Wildman–Crippen LogP) is 4.02. The van der Waals surface area contributed by atoms with Crippen LogP contribution in [0.3, 0.4) is 0 Å². The monoisotopic (exact) mass is 439 g/mol. The lowest BCUT2D eigenvalue weighted by atomic mass is 9.74. The van der Waals surface area contributed by atoms with Gasteiger partial charge >= 0.3 is 0 Å². The fraction of sp³-hybridized carbons (Fsp3) is 0.417. The van der Waals surface area contributed by atoms with Crippen molar-refractivity contribution >= 4 is 28.7 Å². The zero-order chi connectivity index (χ0) is 21.7. The minimum Gasteiger partial charge on any atom is -0.497 e. The minimum atomic E-state index is -0.110. The molecule has 1 amide bonds. The van der Waals surface area contributed by atoms with Crippen molar-refractivity contribution in [2.24, 2.45) is 0 Å². The van der Waals surface area contributed by atoms with E-state index in [-0.39, 0.29) is 11.3 Å². The van der Waals surface area contributed by atoms with Crippen LogP contribution in [0.1, 0.15) is 25.3 Å². The quantitative estimate of drug-likeness (QED) is 0.537. The van der Waals surface area contributed by atoms with Crippen molar-refractivity contribution in [3.8, 4) is 5.75 Å². The Bertz CT molecular complexity index is 1030. The third-order valence-corrected chi connectivity index (χ3v) is 7.02. The van der Waals surface area contributed by atoms with Gasteiger partial charge in [0.2, 0.25) is 5.91 Å². The van der Waals surface area contributed by atoms with Gasteiger partial charge in [0.05, 0.1) is 23.9 Å². The summed E-state index contributed by atoms with van der Waals surface area (Å²) in [7, 11) is 1.67. The molecule has 1 aliphatic heterocycles. The zero-order valence-electron chi connectivity index (χ0n) is 18.1. The van der Waals surface area contributed by atoms with E-state index >= 15 is 0 Å². The molecule has 6 nitrogen and oxygen atoms in total. The summed E-state index contributed by atoms with van der Waals surface area (Å²) in [5, 5.41) is 4.06. The van der Waals surface area contributed by atoms with Gasteiger partial charge in [-0.1, -0.05) is 36.0 Å². The van der Waals surface area contributed by atoms with E-state index in [0.29, 0.717) is 25.5 Å². The number of carbonyl (C=O) groups is 1.